The highest BCUT2D eigenvalue weighted by atomic mass is 32.1. The smallest absolute Gasteiger partial charge is 0.146 e. The molecule has 4 N–H and O–H groups in total. The molecule has 6 heteroatoms. The van der Waals surface area contributed by atoms with Crippen LogP contribution < -0.4 is 0 Å². The van der Waals surface area contributed by atoms with E-state index in [9.17, 15) is 15.3 Å². The van der Waals surface area contributed by atoms with E-state index in [0.717, 1.165) is 11.1 Å². The molecule has 0 bridgehead atoms. The van der Waals surface area contributed by atoms with Crippen LogP contribution in [0, 0.1) is 0 Å². The van der Waals surface area contributed by atoms with Crippen LogP contribution in [-0.4, -0.2) is 43.5 Å². The van der Waals surface area contributed by atoms with E-state index >= 15 is 0 Å². The average molecular weight is 290 g/mol. The first-order valence-electron chi connectivity index (χ1n) is 5.53. The van der Waals surface area contributed by atoms with Gasteiger partial charge in [0.15, 0.2) is 0 Å². The highest BCUT2D eigenvalue weighted by Crippen LogP contribution is 2.24. The van der Waals surface area contributed by atoms with Crippen LogP contribution in [-0.2, 0) is 12.8 Å². The fourth-order valence-corrected chi connectivity index (χ4v) is 1.80. The molecule has 0 saturated heterocycles. The normalized spacial score (nSPS) is 18.1. The predicted molar refractivity (Wildman–Crippen MR) is 75.9 cm³/mol. The molecule has 102 valence electrons. The minimum absolute atomic E-state index is 0.156. The Morgan fingerprint density at radius 1 is 1.11 bits per heavy atom. The Morgan fingerprint density at radius 2 is 1.61 bits per heavy atom. The minimum atomic E-state index is -1.59. The number of aliphatic hydroxyl groups excluding tert-OH is 3. The molecule has 0 fully saturated rings. The van der Waals surface area contributed by atoms with Crippen LogP contribution in [0.3, 0.4) is 0 Å². The maximum Gasteiger partial charge on any atom is 0.146 e. The van der Waals surface area contributed by atoms with Crippen molar-refractivity contribution in [1.29, 1.82) is 0 Å². The molecule has 1 rings (SSSR count). The van der Waals surface area contributed by atoms with Crippen molar-refractivity contribution in [2.45, 2.75) is 29.3 Å². The van der Waals surface area contributed by atoms with Gasteiger partial charge in [-0.05, 0) is 11.1 Å². The van der Waals surface area contributed by atoms with Gasteiger partial charge in [0.1, 0.15) is 10.4 Å². The van der Waals surface area contributed by atoms with Crippen LogP contribution in [0.1, 0.15) is 11.1 Å². The van der Waals surface area contributed by atoms with Crippen LogP contribution in [0.2, 0.25) is 0 Å². The van der Waals surface area contributed by atoms with Gasteiger partial charge in [-0.1, -0.05) is 24.3 Å². The van der Waals surface area contributed by atoms with Crippen molar-refractivity contribution in [3.05, 3.63) is 35.4 Å². The van der Waals surface area contributed by atoms with Crippen molar-refractivity contribution in [3.63, 3.8) is 0 Å². The summed E-state index contributed by atoms with van der Waals surface area (Å²) in [5.74, 6) is 0. The summed E-state index contributed by atoms with van der Waals surface area (Å²) in [5.41, 5.74) is 0.439. The lowest BCUT2D eigenvalue weighted by Crippen LogP contribution is -2.35. The fraction of sp³-hybridized carbons (Fsp3) is 0.500. The van der Waals surface area contributed by atoms with Crippen LogP contribution in [0.25, 0.3) is 0 Å². The monoisotopic (exact) mass is 290 g/mol. The third-order valence-corrected chi connectivity index (χ3v) is 3.62. The Labute approximate surface area is 117 Å². The standard InChI is InChI=1S/C12H18O4S2/c13-7-10(14)5-8-1-3-9(4-2-8)6-12(16,18)11(15)17/h1-4,10-11,13-18H,5-7H2. The minimum Gasteiger partial charge on any atom is -0.394 e. The zero-order valence-electron chi connectivity index (χ0n) is 9.77. The van der Waals surface area contributed by atoms with E-state index < -0.39 is 16.5 Å². The summed E-state index contributed by atoms with van der Waals surface area (Å²) in [7, 11) is 0. The molecule has 0 aliphatic heterocycles. The number of hydrogen-bond donors (Lipinski definition) is 6. The SMILES string of the molecule is OCC(O)Cc1ccc(CC(O)(S)C(O)S)cc1. The van der Waals surface area contributed by atoms with Gasteiger partial charge in [-0.15, -0.1) is 25.3 Å². The van der Waals surface area contributed by atoms with Crippen LogP contribution in [0.5, 0.6) is 0 Å². The highest BCUT2D eigenvalue weighted by Gasteiger charge is 2.29. The second-order valence-electron chi connectivity index (χ2n) is 4.29. The first-order valence-corrected chi connectivity index (χ1v) is 6.49. The second-order valence-corrected chi connectivity index (χ2v) is 5.55. The van der Waals surface area contributed by atoms with E-state index in [4.69, 9.17) is 5.11 Å². The molecule has 0 spiro atoms. The van der Waals surface area contributed by atoms with Gasteiger partial charge in [0.25, 0.3) is 0 Å². The summed E-state index contributed by atoms with van der Waals surface area (Å²) < 4.78 is 0. The number of hydrogen-bond acceptors (Lipinski definition) is 6. The Bertz CT molecular complexity index is 365. The zero-order valence-corrected chi connectivity index (χ0v) is 11.6. The van der Waals surface area contributed by atoms with Crippen molar-refractivity contribution >= 4 is 25.3 Å². The third kappa shape index (κ3) is 4.79. The topological polar surface area (TPSA) is 80.9 Å². The van der Waals surface area contributed by atoms with Crippen molar-refractivity contribution in [1.82, 2.24) is 0 Å². The molecular weight excluding hydrogens is 272 g/mol. The molecule has 0 radical (unpaired) electrons. The van der Waals surface area contributed by atoms with Gasteiger partial charge < -0.3 is 20.4 Å². The van der Waals surface area contributed by atoms with E-state index in [1.807, 2.05) is 0 Å². The average Bonchev–Trinajstić information content (AvgIpc) is 2.31. The largest absolute Gasteiger partial charge is 0.394 e. The van der Waals surface area contributed by atoms with Gasteiger partial charge >= 0.3 is 0 Å². The quantitative estimate of drug-likeness (QED) is 0.329. The van der Waals surface area contributed by atoms with Gasteiger partial charge in [-0.25, -0.2) is 0 Å². The molecule has 0 aliphatic rings. The summed E-state index contributed by atoms with van der Waals surface area (Å²) in [6, 6.07) is 7.14. The molecule has 0 saturated carbocycles. The molecule has 1 aromatic carbocycles. The fourth-order valence-electron chi connectivity index (χ4n) is 1.52. The maximum absolute atomic E-state index is 9.76. The van der Waals surface area contributed by atoms with Gasteiger partial charge in [-0.3, -0.25) is 0 Å². The number of thiol groups is 2. The Hall–Kier alpha value is -0.240. The lowest BCUT2D eigenvalue weighted by atomic mass is 10.0. The van der Waals surface area contributed by atoms with Crippen LogP contribution in [0.15, 0.2) is 24.3 Å². The van der Waals surface area contributed by atoms with Gasteiger partial charge in [-0.2, -0.15) is 0 Å². The van der Waals surface area contributed by atoms with E-state index in [1.54, 1.807) is 24.3 Å². The maximum atomic E-state index is 9.76. The molecule has 3 atom stereocenters. The van der Waals surface area contributed by atoms with Crippen LogP contribution >= 0.6 is 25.3 Å². The van der Waals surface area contributed by atoms with Crippen LogP contribution in [0.4, 0.5) is 0 Å². The first-order chi connectivity index (χ1) is 8.35. The lowest BCUT2D eigenvalue weighted by molar-refractivity contribution is 0.0475. The van der Waals surface area contributed by atoms with Gasteiger partial charge in [0, 0.05) is 12.8 Å². The van der Waals surface area contributed by atoms with E-state index in [1.165, 1.54) is 0 Å². The first kappa shape index (κ1) is 15.8. The highest BCUT2D eigenvalue weighted by molar-refractivity contribution is 7.85. The summed E-state index contributed by atoms with van der Waals surface area (Å²) in [4.78, 5) is -1.59. The molecule has 18 heavy (non-hydrogen) atoms. The predicted octanol–water partition coefficient (Wildman–Crippen LogP) is -0.00860. The zero-order chi connectivity index (χ0) is 13.8. The van der Waals surface area contributed by atoms with Crippen molar-refractivity contribution in [3.8, 4) is 0 Å². The van der Waals surface area contributed by atoms with E-state index in [2.05, 4.69) is 25.3 Å². The Morgan fingerprint density at radius 3 is 2.06 bits per heavy atom. The molecule has 1 aromatic rings. The summed E-state index contributed by atoms with van der Waals surface area (Å²) in [5, 5.41) is 37.0. The number of aliphatic hydroxyl groups is 4. The van der Waals surface area contributed by atoms with E-state index in [0.29, 0.717) is 6.42 Å². The Balaban J connectivity index is 2.66. The Kier molecular flexibility index (Phi) is 5.97. The van der Waals surface area contributed by atoms with Gasteiger partial charge in [0.05, 0.1) is 12.7 Å². The van der Waals surface area contributed by atoms with Crippen molar-refractivity contribution in [2.24, 2.45) is 0 Å². The number of rotatable bonds is 6. The molecule has 4 nitrogen and oxygen atoms in total. The summed E-state index contributed by atoms with van der Waals surface area (Å²) >= 11 is 7.70. The van der Waals surface area contributed by atoms with Crippen molar-refractivity contribution < 1.29 is 20.4 Å². The van der Waals surface area contributed by atoms with Gasteiger partial charge in [0.2, 0.25) is 0 Å². The molecule has 0 heterocycles. The number of benzene rings is 1. The molecule has 3 unspecified atom stereocenters. The van der Waals surface area contributed by atoms with E-state index in [-0.39, 0.29) is 13.0 Å². The molecule has 0 aromatic heterocycles. The summed E-state index contributed by atoms with van der Waals surface area (Å²) in [6.07, 6.45) is -0.238. The molecule has 0 aliphatic carbocycles. The summed E-state index contributed by atoms with van der Waals surface area (Å²) in [6.45, 7) is -0.274. The lowest BCUT2D eigenvalue weighted by Gasteiger charge is -2.24. The van der Waals surface area contributed by atoms with Crippen molar-refractivity contribution in [2.75, 3.05) is 6.61 Å². The second kappa shape index (κ2) is 6.79. The third-order valence-electron chi connectivity index (χ3n) is 2.58. The molecular formula is C12H18O4S2. The molecule has 0 amide bonds.